The topological polar surface area (TPSA) is 53.6 Å². The standard InChI is InChI=1S/C14H19BrN4/c1-10-8-17-7-6-14(10)9-18-13(16)19(14)12-4-2-11(15)3-5-12/h2-5,10,17H,6-9H2,1H3,(H2,16,18). The second kappa shape index (κ2) is 4.80. The Hall–Kier alpha value is -1.07. The van der Waals surface area contributed by atoms with Gasteiger partial charge in [-0.2, -0.15) is 0 Å². The van der Waals surface area contributed by atoms with Crippen LogP contribution in [0.4, 0.5) is 5.69 Å². The van der Waals surface area contributed by atoms with Crippen molar-refractivity contribution >= 4 is 27.6 Å². The van der Waals surface area contributed by atoms with Crippen molar-refractivity contribution in [1.29, 1.82) is 0 Å². The zero-order chi connectivity index (χ0) is 13.5. The molecule has 2 unspecified atom stereocenters. The van der Waals surface area contributed by atoms with Gasteiger partial charge in [-0.3, -0.25) is 4.99 Å². The molecule has 5 heteroatoms. The minimum atomic E-state index is 0.0448. The van der Waals surface area contributed by atoms with E-state index < -0.39 is 0 Å². The van der Waals surface area contributed by atoms with E-state index in [9.17, 15) is 0 Å². The Kier molecular flexibility index (Phi) is 3.27. The quantitative estimate of drug-likeness (QED) is 0.831. The van der Waals surface area contributed by atoms with Crippen molar-refractivity contribution < 1.29 is 0 Å². The van der Waals surface area contributed by atoms with Crippen molar-refractivity contribution in [2.75, 3.05) is 24.5 Å². The summed E-state index contributed by atoms with van der Waals surface area (Å²) in [7, 11) is 0. The van der Waals surface area contributed by atoms with Crippen LogP contribution in [0.25, 0.3) is 0 Å². The van der Waals surface area contributed by atoms with Crippen molar-refractivity contribution in [3.05, 3.63) is 28.7 Å². The smallest absolute Gasteiger partial charge is 0.196 e. The highest BCUT2D eigenvalue weighted by molar-refractivity contribution is 9.10. The molecule has 0 amide bonds. The highest BCUT2D eigenvalue weighted by Crippen LogP contribution is 2.38. The van der Waals surface area contributed by atoms with Gasteiger partial charge in [0, 0.05) is 16.7 Å². The van der Waals surface area contributed by atoms with Crippen molar-refractivity contribution in [2.45, 2.75) is 18.9 Å². The maximum atomic E-state index is 6.16. The van der Waals surface area contributed by atoms with Crippen LogP contribution >= 0.6 is 15.9 Å². The molecule has 102 valence electrons. The van der Waals surface area contributed by atoms with E-state index in [0.29, 0.717) is 11.9 Å². The third-order valence-corrected chi connectivity index (χ3v) is 4.91. The van der Waals surface area contributed by atoms with E-state index in [-0.39, 0.29) is 5.54 Å². The maximum Gasteiger partial charge on any atom is 0.196 e. The Balaban J connectivity index is 2.00. The van der Waals surface area contributed by atoms with Crippen LogP contribution in [0.2, 0.25) is 0 Å². The van der Waals surface area contributed by atoms with Gasteiger partial charge in [0.1, 0.15) is 0 Å². The average Bonchev–Trinajstić information content (AvgIpc) is 2.73. The van der Waals surface area contributed by atoms with E-state index in [1.165, 1.54) is 0 Å². The minimum Gasteiger partial charge on any atom is -0.369 e. The average molecular weight is 323 g/mol. The summed E-state index contributed by atoms with van der Waals surface area (Å²) in [5, 5.41) is 3.46. The fourth-order valence-corrected chi connectivity index (χ4v) is 3.46. The number of anilines is 1. The number of hydrogen-bond acceptors (Lipinski definition) is 4. The number of nitrogens with one attached hydrogen (secondary N) is 1. The lowest BCUT2D eigenvalue weighted by Gasteiger charge is -2.46. The summed E-state index contributed by atoms with van der Waals surface area (Å²) in [6.45, 7) is 5.14. The lowest BCUT2D eigenvalue weighted by molar-refractivity contribution is 0.240. The fourth-order valence-electron chi connectivity index (χ4n) is 3.19. The van der Waals surface area contributed by atoms with Crippen LogP contribution in [0.5, 0.6) is 0 Å². The van der Waals surface area contributed by atoms with E-state index in [4.69, 9.17) is 5.73 Å². The first-order valence-electron chi connectivity index (χ1n) is 6.70. The zero-order valence-corrected chi connectivity index (χ0v) is 12.7. The van der Waals surface area contributed by atoms with Gasteiger partial charge in [0.25, 0.3) is 0 Å². The molecule has 4 nitrogen and oxygen atoms in total. The number of nitrogens with zero attached hydrogens (tertiary/aromatic N) is 2. The zero-order valence-electron chi connectivity index (χ0n) is 11.1. The Bertz CT molecular complexity index is 499. The molecular formula is C14H19BrN4. The number of rotatable bonds is 1. The van der Waals surface area contributed by atoms with Gasteiger partial charge in [-0.1, -0.05) is 22.9 Å². The van der Waals surface area contributed by atoms with E-state index in [2.05, 4.69) is 62.3 Å². The van der Waals surface area contributed by atoms with Gasteiger partial charge < -0.3 is 16.0 Å². The lowest BCUT2D eigenvalue weighted by Crippen LogP contribution is -2.61. The van der Waals surface area contributed by atoms with Gasteiger partial charge in [0.15, 0.2) is 5.96 Å². The number of benzene rings is 1. The minimum absolute atomic E-state index is 0.0448. The van der Waals surface area contributed by atoms with Crippen LogP contribution in [0.1, 0.15) is 13.3 Å². The summed E-state index contributed by atoms with van der Waals surface area (Å²) in [4.78, 5) is 6.77. The first-order valence-corrected chi connectivity index (χ1v) is 7.49. The highest BCUT2D eigenvalue weighted by Gasteiger charge is 2.48. The van der Waals surface area contributed by atoms with E-state index in [1.54, 1.807) is 0 Å². The SMILES string of the molecule is CC1CNCCC12CN=C(N)N2c1ccc(Br)cc1. The molecule has 1 aromatic carbocycles. The third kappa shape index (κ3) is 2.05. The summed E-state index contributed by atoms with van der Waals surface area (Å²) < 4.78 is 1.08. The van der Waals surface area contributed by atoms with E-state index in [0.717, 1.165) is 36.2 Å². The normalized spacial score (nSPS) is 30.7. The number of nitrogens with two attached hydrogens (primary N) is 1. The van der Waals surface area contributed by atoms with Crippen LogP contribution < -0.4 is 16.0 Å². The molecule has 0 saturated carbocycles. The monoisotopic (exact) mass is 322 g/mol. The first kappa shape index (κ1) is 12.9. The van der Waals surface area contributed by atoms with Gasteiger partial charge in [-0.25, -0.2) is 0 Å². The molecule has 0 bridgehead atoms. The number of guanidine groups is 1. The second-order valence-corrected chi connectivity index (χ2v) is 6.36. The molecule has 0 aliphatic carbocycles. The maximum absolute atomic E-state index is 6.16. The van der Waals surface area contributed by atoms with Crippen LogP contribution in [-0.2, 0) is 0 Å². The Morgan fingerprint density at radius 3 is 2.84 bits per heavy atom. The molecule has 1 saturated heterocycles. The number of hydrogen-bond donors (Lipinski definition) is 2. The van der Waals surface area contributed by atoms with Gasteiger partial charge in [-0.05, 0) is 43.1 Å². The number of halogens is 1. The Labute approximate surface area is 122 Å². The fraction of sp³-hybridized carbons (Fsp3) is 0.500. The highest BCUT2D eigenvalue weighted by atomic mass is 79.9. The Morgan fingerprint density at radius 2 is 2.16 bits per heavy atom. The van der Waals surface area contributed by atoms with Gasteiger partial charge in [-0.15, -0.1) is 0 Å². The molecule has 1 fully saturated rings. The Morgan fingerprint density at radius 1 is 1.42 bits per heavy atom. The van der Waals surface area contributed by atoms with Crippen LogP contribution in [0.15, 0.2) is 33.7 Å². The lowest BCUT2D eigenvalue weighted by atomic mass is 9.78. The van der Waals surface area contributed by atoms with Crippen molar-refractivity contribution in [3.63, 3.8) is 0 Å². The predicted molar refractivity (Wildman–Crippen MR) is 82.5 cm³/mol. The molecule has 1 aromatic rings. The molecule has 3 rings (SSSR count). The summed E-state index contributed by atoms with van der Waals surface area (Å²) in [6.07, 6.45) is 1.08. The molecule has 2 atom stereocenters. The molecule has 2 aliphatic rings. The van der Waals surface area contributed by atoms with Crippen molar-refractivity contribution in [1.82, 2.24) is 5.32 Å². The van der Waals surface area contributed by atoms with Gasteiger partial charge >= 0.3 is 0 Å². The predicted octanol–water partition coefficient (Wildman–Crippen LogP) is 1.95. The summed E-state index contributed by atoms with van der Waals surface area (Å²) >= 11 is 3.48. The molecule has 1 spiro atoms. The molecule has 2 aliphatic heterocycles. The van der Waals surface area contributed by atoms with Gasteiger partial charge in [0.2, 0.25) is 0 Å². The van der Waals surface area contributed by atoms with Crippen LogP contribution in [-0.4, -0.2) is 31.1 Å². The van der Waals surface area contributed by atoms with E-state index in [1.807, 2.05) is 0 Å². The van der Waals surface area contributed by atoms with E-state index >= 15 is 0 Å². The van der Waals surface area contributed by atoms with Gasteiger partial charge in [0.05, 0.1) is 12.1 Å². The number of piperidine rings is 1. The molecule has 3 N–H and O–H groups in total. The summed E-state index contributed by atoms with van der Waals surface area (Å²) in [5.74, 6) is 1.17. The summed E-state index contributed by atoms with van der Waals surface area (Å²) in [5.41, 5.74) is 7.34. The summed E-state index contributed by atoms with van der Waals surface area (Å²) in [6, 6.07) is 8.32. The van der Waals surface area contributed by atoms with Crippen LogP contribution in [0.3, 0.4) is 0 Å². The molecule has 2 heterocycles. The largest absolute Gasteiger partial charge is 0.369 e. The number of aliphatic imine (C=N–C) groups is 1. The first-order chi connectivity index (χ1) is 9.13. The molecule has 0 radical (unpaired) electrons. The second-order valence-electron chi connectivity index (χ2n) is 5.45. The van der Waals surface area contributed by atoms with Crippen LogP contribution in [0, 0.1) is 5.92 Å². The third-order valence-electron chi connectivity index (χ3n) is 4.38. The van der Waals surface area contributed by atoms with Crippen molar-refractivity contribution in [3.8, 4) is 0 Å². The molecular weight excluding hydrogens is 304 g/mol. The molecule has 0 aromatic heterocycles. The molecule has 19 heavy (non-hydrogen) atoms. The van der Waals surface area contributed by atoms with Crippen molar-refractivity contribution in [2.24, 2.45) is 16.6 Å².